The zero-order valence-electron chi connectivity index (χ0n) is 17.7. The molecule has 0 unspecified atom stereocenters. The lowest BCUT2D eigenvalue weighted by atomic mass is 9.87. The van der Waals surface area contributed by atoms with Crippen molar-refractivity contribution in [1.29, 1.82) is 0 Å². The SMILES string of the molecule is Cc1cccc(C(=O)Nc2ccc3c(c2)C[C@H](C(=O)NC2CCC(C)CC2)CO3)c1. The van der Waals surface area contributed by atoms with Gasteiger partial charge in [0.05, 0.1) is 5.92 Å². The quantitative estimate of drug-likeness (QED) is 0.786. The van der Waals surface area contributed by atoms with E-state index in [4.69, 9.17) is 4.74 Å². The zero-order chi connectivity index (χ0) is 21.1. The van der Waals surface area contributed by atoms with Crippen LogP contribution in [0, 0.1) is 18.8 Å². The molecule has 4 rings (SSSR count). The first-order chi connectivity index (χ1) is 14.5. The van der Waals surface area contributed by atoms with Crippen LogP contribution in [0.2, 0.25) is 0 Å². The van der Waals surface area contributed by atoms with Crippen molar-refractivity contribution < 1.29 is 14.3 Å². The maximum atomic E-state index is 12.8. The molecule has 1 atom stereocenters. The first-order valence-electron chi connectivity index (χ1n) is 10.9. The predicted molar refractivity (Wildman–Crippen MR) is 118 cm³/mol. The van der Waals surface area contributed by atoms with Crippen molar-refractivity contribution in [2.24, 2.45) is 11.8 Å². The van der Waals surface area contributed by atoms with Gasteiger partial charge in [0.15, 0.2) is 0 Å². The number of nitrogens with one attached hydrogen (secondary N) is 2. The topological polar surface area (TPSA) is 67.4 Å². The molecule has 2 amide bonds. The van der Waals surface area contributed by atoms with Crippen LogP contribution < -0.4 is 15.4 Å². The van der Waals surface area contributed by atoms with Gasteiger partial charge in [0.2, 0.25) is 5.91 Å². The van der Waals surface area contributed by atoms with E-state index in [2.05, 4.69) is 17.6 Å². The Kier molecular flexibility index (Phi) is 6.07. The van der Waals surface area contributed by atoms with E-state index in [0.29, 0.717) is 24.3 Å². The molecule has 1 heterocycles. The molecule has 0 aromatic heterocycles. The monoisotopic (exact) mass is 406 g/mol. The number of anilines is 1. The highest BCUT2D eigenvalue weighted by Gasteiger charge is 2.29. The summed E-state index contributed by atoms with van der Waals surface area (Å²) in [6.07, 6.45) is 5.11. The van der Waals surface area contributed by atoms with Gasteiger partial charge >= 0.3 is 0 Å². The highest BCUT2D eigenvalue weighted by molar-refractivity contribution is 6.04. The van der Waals surface area contributed by atoms with Gasteiger partial charge in [-0.3, -0.25) is 9.59 Å². The van der Waals surface area contributed by atoms with E-state index in [9.17, 15) is 9.59 Å². The van der Waals surface area contributed by atoms with Crippen LogP contribution in [-0.2, 0) is 11.2 Å². The minimum absolute atomic E-state index is 0.0782. The third-order valence-electron chi connectivity index (χ3n) is 6.24. The Hall–Kier alpha value is -2.82. The fourth-order valence-corrected chi connectivity index (χ4v) is 4.35. The lowest BCUT2D eigenvalue weighted by Crippen LogP contribution is -2.43. The average molecular weight is 407 g/mol. The molecule has 158 valence electrons. The Morgan fingerprint density at radius 1 is 1.03 bits per heavy atom. The second-order valence-electron chi connectivity index (χ2n) is 8.82. The molecule has 1 aliphatic carbocycles. The van der Waals surface area contributed by atoms with Crippen LogP contribution in [0.5, 0.6) is 5.75 Å². The summed E-state index contributed by atoms with van der Waals surface area (Å²) in [5.74, 6) is 1.29. The second-order valence-corrected chi connectivity index (χ2v) is 8.82. The zero-order valence-corrected chi connectivity index (χ0v) is 17.7. The van der Waals surface area contributed by atoms with Crippen LogP contribution in [0.3, 0.4) is 0 Å². The Balaban J connectivity index is 1.39. The minimum atomic E-state index is -0.195. The molecule has 0 saturated heterocycles. The third kappa shape index (κ3) is 4.84. The van der Waals surface area contributed by atoms with Crippen LogP contribution >= 0.6 is 0 Å². The van der Waals surface area contributed by atoms with Gasteiger partial charge in [0.1, 0.15) is 12.4 Å². The van der Waals surface area contributed by atoms with E-state index in [1.807, 2.05) is 43.3 Å². The molecule has 2 aromatic rings. The van der Waals surface area contributed by atoms with Crippen molar-refractivity contribution in [2.75, 3.05) is 11.9 Å². The highest BCUT2D eigenvalue weighted by Crippen LogP contribution is 2.31. The van der Waals surface area contributed by atoms with Crippen LogP contribution in [0.4, 0.5) is 5.69 Å². The molecular formula is C25H30N2O3. The Morgan fingerprint density at radius 2 is 1.83 bits per heavy atom. The lowest BCUT2D eigenvalue weighted by Gasteiger charge is -2.30. The highest BCUT2D eigenvalue weighted by atomic mass is 16.5. The number of carbonyl (C=O) groups is 2. The molecule has 1 aliphatic heterocycles. The molecule has 0 radical (unpaired) electrons. The summed E-state index contributed by atoms with van der Waals surface area (Å²) < 4.78 is 5.85. The fraction of sp³-hybridized carbons (Fsp3) is 0.440. The molecule has 5 heteroatoms. The number of benzene rings is 2. The van der Waals surface area contributed by atoms with Crippen molar-refractivity contribution in [2.45, 2.75) is 52.0 Å². The van der Waals surface area contributed by atoms with Gasteiger partial charge in [-0.05, 0) is 80.8 Å². The summed E-state index contributed by atoms with van der Waals surface area (Å²) in [7, 11) is 0. The van der Waals surface area contributed by atoms with Gasteiger partial charge < -0.3 is 15.4 Å². The van der Waals surface area contributed by atoms with Crippen LogP contribution in [0.1, 0.15) is 54.1 Å². The molecule has 2 aliphatic rings. The van der Waals surface area contributed by atoms with Gasteiger partial charge in [0, 0.05) is 17.3 Å². The number of hydrogen-bond acceptors (Lipinski definition) is 3. The average Bonchev–Trinajstić information content (AvgIpc) is 2.75. The number of fused-ring (bicyclic) bond motifs is 1. The van der Waals surface area contributed by atoms with Gasteiger partial charge in [-0.2, -0.15) is 0 Å². The maximum Gasteiger partial charge on any atom is 0.255 e. The smallest absolute Gasteiger partial charge is 0.255 e. The van der Waals surface area contributed by atoms with Crippen molar-refractivity contribution in [1.82, 2.24) is 5.32 Å². The summed E-state index contributed by atoms with van der Waals surface area (Å²) in [4.78, 5) is 25.3. The number of ether oxygens (including phenoxy) is 1. The largest absolute Gasteiger partial charge is 0.492 e. The number of carbonyl (C=O) groups excluding carboxylic acids is 2. The van der Waals surface area contributed by atoms with Crippen molar-refractivity contribution in [3.63, 3.8) is 0 Å². The minimum Gasteiger partial charge on any atom is -0.492 e. The lowest BCUT2D eigenvalue weighted by molar-refractivity contribution is -0.127. The number of hydrogen-bond donors (Lipinski definition) is 2. The molecule has 2 N–H and O–H groups in total. The maximum absolute atomic E-state index is 12.8. The van der Waals surface area contributed by atoms with E-state index in [1.165, 1.54) is 12.8 Å². The van der Waals surface area contributed by atoms with Crippen molar-refractivity contribution in [3.8, 4) is 5.75 Å². The van der Waals surface area contributed by atoms with Crippen LogP contribution in [0.25, 0.3) is 0 Å². The van der Waals surface area contributed by atoms with E-state index in [1.54, 1.807) is 6.07 Å². The first-order valence-corrected chi connectivity index (χ1v) is 10.9. The molecule has 30 heavy (non-hydrogen) atoms. The molecule has 1 saturated carbocycles. The number of amides is 2. The Labute approximate surface area is 178 Å². The second kappa shape index (κ2) is 8.90. The van der Waals surface area contributed by atoms with Crippen molar-refractivity contribution in [3.05, 3.63) is 59.2 Å². The van der Waals surface area contributed by atoms with Gasteiger partial charge in [-0.15, -0.1) is 0 Å². The Bertz CT molecular complexity index is 932. The van der Waals surface area contributed by atoms with Crippen LogP contribution in [-0.4, -0.2) is 24.5 Å². The fourth-order valence-electron chi connectivity index (χ4n) is 4.35. The molecule has 5 nitrogen and oxygen atoms in total. The standard InChI is InChI=1S/C25H30N2O3/c1-16-6-8-21(9-7-16)26-25(29)20-13-19-14-22(10-11-23(19)30-15-20)27-24(28)18-5-3-4-17(2)12-18/h3-5,10-12,14,16,20-21H,6-9,13,15H2,1-2H3,(H,26,29)(H,27,28)/t16?,20-,21?/m0/s1. The first kappa shape index (κ1) is 20.5. The summed E-state index contributed by atoms with van der Waals surface area (Å²) in [6.45, 7) is 4.64. The summed E-state index contributed by atoms with van der Waals surface area (Å²) >= 11 is 0. The van der Waals surface area contributed by atoms with Gasteiger partial charge in [0.25, 0.3) is 5.91 Å². The Morgan fingerprint density at radius 3 is 2.60 bits per heavy atom. The molecular weight excluding hydrogens is 376 g/mol. The normalized spacial score (nSPS) is 23.1. The van der Waals surface area contributed by atoms with E-state index in [-0.39, 0.29) is 23.8 Å². The summed E-state index contributed by atoms with van der Waals surface area (Å²) in [5, 5.41) is 6.18. The van der Waals surface area contributed by atoms with Gasteiger partial charge in [-0.1, -0.05) is 24.6 Å². The number of aryl methyl sites for hydroxylation is 1. The summed E-state index contributed by atoms with van der Waals surface area (Å²) in [6, 6.07) is 13.4. The van der Waals surface area contributed by atoms with E-state index in [0.717, 1.165) is 35.6 Å². The van der Waals surface area contributed by atoms with E-state index < -0.39 is 0 Å². The van der Waals surface area contributed by atoms with E-state index >= 15 is 0 Å². The summed E-state index contributed by atoms with van der Waals surface area (Å²) in [5.41, 5.74) is 3.35. The molecule has 0 spiro atoms. The van der Waals surface area contributed by atoms with Gasteiger partial charge in [-0.25, -0.2) is 0 Å². The molecule has 0 bridgehead atoms. The van der Waals surface area contributed by atoms with Crippen LogP contribution in [0.15, 0.2) is 42.5 Å². The van der Waals surface area contributed by atoms with Crippen molar-refractivity contribution >= 4 is 17.5 Å². The predicted octanol–water partition coefficient (Wildman–Crippen LogP) is 4.49. The molecule has 2 aromatic carbocycles. The number of rotatable bonds is 4. The molecule has 1 fully saturated rings. The third-order valence-corrected chi connectivity index (χ3v) is 6.24.